The molecule has 0 bridgehead atoms. The number of hydrogen-bond acceptors (Lipinski definition) is 2. The zero-order valence-electron chi connectivity index (χ0n) is 12.2. The fraction of sp³-hybridized carbons (Fsp3) is 0.438. The minimum atomic E-state index is -0.250. The molecule has 1 aliphatic carbocycles. The Kier molecular flexibility index (Phi) is 4.66. The first-order chi connectivity index (χ1) is 9.56. The summed E-state index contributed by atoms with van der Waals surface area (Å²) < 4.78 is 0. The van der Waals surface area contributed by atoms with Gasteiger partial charge >= 0.3 is 6.03 Å². The van der Waals surface area contributed by atoms with E-state index in [1.54, 1.807) is 6.07 Å². The molecule has 0 aromatic heterocycles. The molecule has 1 aromatic rings. The second-order valence-electron chi connectivity index (χ2n) is 5.56. The van der Waals surface area contributed by atoms with E-state index in [1.165, 1.54) is 31.3 Å². The van der Waals surface area contributed by atoms with Crippen molar-refractivity contribution in [3.8, 4) is 0 Å². The second kappa shape index (κ2) is 6.46. The van der Waals surface area contributed by atoms with Crippen LogP contribution in [-0.4, -0.2) is 6.03 Å². The molecule has 1 saturated carbocycles. The number of aryl methyl sites for hydroxylation is 1. The van der Waals surface area contributed by atoms with Gasteiger partial charge in [0.05, 0.1) is 11.4 Å². The monoisotopic (exact) mass is 273 g/mol. The van der Waals surface area contributed by atoms with E-state index < -0.39 is 0 Å². The highest BCUT2D eigenvalue weighted by molar-refractivity contribution is 5.93. The van der Waals surface area contributed by atoms with E-state index in [-0.39, 0.29) is 6.03 Å². The minimum absolute atomic E-state index is 0.250. The smallest absolute Gasteiger partial charge is 0.323 e. The average Bonchev–Trinajstić information content (AvgIpc) is 2.94. The van der Waals surface area contributed by atoms with Crippen LogP contribution in [0.15, 0.2) is 30.0 Å². The van der Waals surface area contributed by atoms with Crippen molar-refractivity contribution in [3.05, 3.63) is 35.5 Å². The quantitative estimate of drug-likeness (QED) is 0.733. The predicted molar refractivity (Wildman–Crippen MR) is 83.5 cm³/mol. The Morgan fingerprint density at radius 2 is 2.05 bits per heavy atom. The van der Waals surface area contributed by atoms with Gasteiger partial charge in [-0.2, -0.15) is 0 Å². The van der Waals surface area contributed by atoms with Crippen molar-refractivity contribution < 1.29 is 4.79 Å². The Balaban J connectivity index is 1.92. The summed E-state index contributed by atoms with van der Waals surface area (Å²) in [6.45, 7) is 4.05. The Bertz CT molecular complexity index is 516. The Morgan fingerprint density at radius 3 is 2.75 bits per heavy atom. The van der Waals surface area contributed by atoms with Crippen LogP contribution in [0.5, 0.6) is 0 Å². The average molecular weight is 273 g/mol. The number of rotatable bonds is 3. The number of nitrogens with two attached hydrogens (primary N) is 1. The summed E-state index contributed by atoms with van der Waals surface area (Å²) in [7, 11) is 0. The summed E-state index contributed by atoms with van der Waals surface area (Å²) in [5.41, 5.74) is 9.36. The van der Waals surface area contributed by atoms with Gasteiger partial charge in [-0.25, -0.2) is 4.79 Å². The molecule has 0 saturated heterocycles. The zero-order chi connectivity index (χ0) is 14.5. The number of nitrogens with one attached hydrogen (secondary N) is 2. The third-order valence-electron chi connectivity index (χ3n) is 3.89. The molecule has 1 aromatic carbocycles. The molecule has 0 aliphatic heterocycles. The molecular weight excluding hydrogens is 250 g/mol. The third kappa shape index (κ3) is 3.76. The van der Waals surface area contributed by atoms with Gasteiger partial charge in [-0.15, -0.1) is 0 Å². The summed E-state index contributed by atoms with van der Waals surface area (Å²) in [6, 6.07) is 5.33. The number of benzene rings is 1. The number of carbonyl (C=O) groups excluding carboxylic acids is 1. The fourth-order valence-corrected chi connectivity index (χ4v) is 2.62. The number of carbonyl (C=O) groups is 1. The second-order valence-corrected chi connectivity index (χ2v) is 5.56. The van der Waals surface area contributed by atoms with E-state index in [0.717, 1.165) is 5.56 Å². The molecule has 0 heterocycles. The first kappa shape index (κ1) is 14.4. The van der Waals surface area contributed by atoms with Crippen molar-refractivity contribution in [1.82, 2.24) is 5.32 Å². The van der Waals surface area contributed by atoms with Crippen molar-refractivity contribution in [2.45, 2.75) is 39.5 Å². The fourth-order valence-electron chi connectivity index (χ4n) is 2.62. The molecule has 4 heteroatoms. The number of hydrogen-bond donors (Lipinski definition) is 3. The van der Waals surface area contributed by atoms with Crippen molar-refractivity contribution in [2.24, 2.45) is 5.92 Å². The molecule has 0 unspecified atom stereocenters. The predicted octanol–water partition coefficient (Wildman–Crippen LogP) is 3.79. The lowest BCUT2D eigenvalue weighted by Crippen LogP contribution is -2.25. The van der Waals surface area contributed by atoms with Crippen LogP contribution >= 0.6 is 0 Å². The topological polar surface area (TPSA) is 67.2 Å². The van der Waals surface area contributed by atoms with Gasteiger partial charge < -0.3 is 16.4 Å². The van der Waals surface area contributed by atoms with Crippen LogP contribution < -0.4 is 16.4 Å². The Morgan fingerprint density at radius 1 is 1.35 bits per heavy atom. The van der Waals surface area contributed by atoms with E-state index >= 15 is 0 Å². The first-order valence-corrected chi connectivity index (χ1v) is 7.16. The van der Waals surface area contributed by atoms with Gasteiger partial charge in [0.1, 0.15) is 0 Å². The molecule has 0 atom stereocenters. The van der Waals surface area contributed by atoms with E-state index in [4.69, 9.17) is 5.73 Å². The largest absolute Gasteiger partial charge is 0.397 e. The number of urea groups is 1. The van der Waals surface area contributed by atoms with Gasteiger partial charge in [0.15, 0.2) is 0 Å². The number of allylic oxidation sites excluding steroid dienone is 1. The van der Waals surface area contributed by atoms with Crippen LogP contribution in [0.2, 0.25) is 0 Å². The van der Waals surface area contributed by atoms with Crippen molar-refractivity contribution >= 4 is 17.4 Å². The van der Waals surface area contributed by atoms with Gasteiger partial charge in [0.2, 0.25) is 0 Å². The zero-order valence-corrected chi connectivity index (χ0v) is 12.2. The maximum Gasteiger partial charge on any atom is 0.323 e. The van der Waals surface area contributed by atoms with Crippen LogP contribution in [0.4, 0.5) is 16.2 Å². The number of anilines is 2. The van der Waals surface area contributed by atoms with Crippen molar-refractivity contribution in [2.75, 3.05) is 11.1 Å². The van der Waals surface area contributed by atoms with Gasteiger partial charge in [0.25, 0.3) is 0 Å². The molecule has 1 fully saturated rings. The maximum absolute atomic E-state index is 11.9. The summed E-state index contributed by atoms with van der Waals surface area (Å²) in [6.07, 6.45) is 6.87. The Labute approximate surface area is 120 Å². The third-order valence-corrected chi connectivity index (χ3v) is 3.89. The van der Waals surface area contributed by atoms with E-state index in [9.17, 15) is 4.79 Å². The van der Waals surface area contributed by atoms with Crippen molar-refractivity contribution in [1.29, 1.82) is 0 Å². The molecule has 0 spiro atoms. The van der Waals surface area contributed by atoms with Crippen molar-refractivity contribution in [3.63, 3.8) is 0 Å². The van der Waals surface area contributed by atoms with Gasteiger partial charge in [-0.3, -0.25) is 0 Å². The molecule has 108 valence electrons. The molecule has 20 heavy (non-hydrogen) atoms. The highest BCUT2D eigenvalue weighted by Crippen LogP contribution is 2.30. The first-order valence-electron chi connectivity index (χ1n) is 7.16. The summed E-state index contributed by atoms with van der Waals surface area (Å²) in [5, 5.41) is 5.56. The highest BCUT2D eigenvalue weighted by Gasteiger charge is 2.16. The molecule has 1 aliphatic rings. The molecule has 2 amide bonds. The molecule has 4 nitrogen and oxygen atoms in total. The Hall–Kier alpha value is -1.97. The van der Waals surface area contributed by atoms with Gasteiger partial charge in [-0.1, -0.05) is 24.5 Å². The lowest BCUT2D eigenvalue weighted by atomic mass is 10.0. The maximum atomic E-state index is 11.9. The summed E-state index contributed by atoms with van der Waals surface area (Å²) in [5.74, 6) is 0.624. The van der Waals surface area contributed by atoms with Crippen LogP contribution in [0.1, 0.15) is 38.2 Å². The standard InChI is InChI=1S/C16H23N3O/c1-11-7-8-14(17)15(9-11)19-16(20)18-10-12(2)13-5-3-4-6-13/h7-10,13H,3-6,17H2,1-2H3,(H2,18,19,20)/b12-10+. The van der Waals surface area contributed by atoms with E-state index in [1.807, 2.05) is 25.3 Å². The summed E-state index contributed by atoms with van der Waals surface area (Å²) in [4.78, 5) is 11.9. The normalized spacial score (nSPS) is 16.2. The van der Waals surface area contributed by atoms with Gasteiger partial charge in [0, 0.05) is 6.20 Å². The molecule has 4 N–H and O–H groups in total. The van der Waals surface area contributed by atoms with Crippen LogP contribution in [0, 0.1) is 12.8 Å². The van der Waals surface area contributed by atoms with E-state index in [2.05, 4.69) is 17.6 Å². The SMILES string of the molecule is C/C(=C\NC(=O)Nc1cc(C)ccc1N)C1CCCC1. The lowest BCUT2D eigenvalue weighted by molar-refractivity contribution is 0.255. The molecule has 0 radical (unpaired) electrons. The van der Waals surface area contributed by atoms with Crippen LogP contribution in [0.3, 0.4) is 0 Å². The van der Waals surface area contributed by atoms with Crippen LogP contribution in [0.25, 0.3) is 0 Å². The molecule has 2 rings (SSSR count). The molecular formula is C16H23N3O. The number of nitrogen functional groups attached to an aromatic ring is 1. The lowest BCUT2D eigenvalue weighted by Gasteiger charge is -2.11. The van der Waals surface area contributed by atoms with E-state index in [0.29, 0.717) is 17.3 Å². The van der Waals surface area contributed by atoms with Crippen LogP contribution in [-0.2, 0) is 0 Å². The highest BCUT2D eigenvalue weighted by atomic mass is 16.2. The summed E-state index contributed by atoms with van der Waals surface area (Å²) >= 11 is 0. The minimum Gasteiger partial charge on any atom is -0.397 e. The number of amides is 2. The van der Waals surface area contributed by atoms with Gasteiger partial charge in [-0.05, 0) is 50.3 Å².